The van der Waals surface area contributed by atoms with E-state index in [1.165, 1.54) is 0 Å². The fraction of sp³-hybridized carbons (Fsp3) is 0.364. The first-order valence-corrected chi connectivity index (χ1v) is 6.08. The maximum atomic E-state index is 10.6. The van der Waals surface area contributed by atoms with Crippen LogP contribution < -0.4 is 0 Å². The highest BCUT2D eigenvalue weighted by atomic mass is 79.9. The zero-order chi connectivity index (χ0) is 12.1. The predicted molar refractivity (Wildman–Crippen MR) is 67.7 cm³/mol. The van der Waals surface area contributed by atoms with Gasteiger partial charge in [0.25, 0.3) is 0 Å². The molecule has 0 spiro atoms. The molecule has 0 amide bonds. The van der Waals surface area contributed by atoms with Crippen LogP contribution in [0.15, 0.2) is 22.7 Å². The average molecular weight is 307 g/mol. The fourth-order valence-corrected chi connectivity index (χ4v) is 2.09. The molecule has 1 aromatic carbocycles. The second-order valence-electron chi connectivity index (χ2n) is 3.43. The van der Waals surface area contributed by atoms with Crippen LogP contribution in [0.3, 0.4) is 0 Å². The Kier molecular flexibility index (Phi) is 5.25. The molecular formula is C11H13BrClNO2. The lowest BCUT2D eigenvalue weighted by Crippen LogP contribution is -2.29. The van der Waals surface area contributed by atoms with Gasteiger partial charge in [-0.25, -0.2) is 0 Å². The van der Waals surface area contributed by atoms with Crippen molar-refractivity contribution in [3.8, 4) is 0 Å². The number of likely N-dealkylation sites (N-methyl/N-ethyl adjacent to an activating group) is 1. The van der Waals surface area contributed by atoms with Gasteiger partial charge in [-0.05, 0) is 24.2 Å². The number of rotatable bonds is 5. The van der Waals surface area contributed by atoms with Crippen LogP contribution in [-0.4, -0.2) is 29.1 Å². The molecule has 0 aliphatic carbocycles. The monoisotopic (exact) mass is 305 g/mol. The third-order valence-electron chi connectivity index (χ3n) is 2.22. The van der Waals surface area contributed by atoms with E-state index in [0.29, 0.717) is 18.1 Å². The molecule has 0 unspecified atom stereocenters. The first kappa shape index (κ1) is 13.5. The third kappa shape index (κ3) is 4.12. The van der Waals surface area contributed by atoms with Gasteiger partial charge in [0, 0.05) is 16.0 Å². The Morgan fingerprint density at radius 3 is 2.75 bits per heavy atom. The first-order chi connectivity index (χ1) is 7.52. The molecule has 3 nitrogen and oxygen atoms in total. The van der Waals surface area contributed by atoms with Crippen molar-refractivity contribution in [1.82, 2.24) is 4.90 Å². The third-order valence-corrected chi connectivity index (χ3v) is 3.06. The van der Waals surface area contributed by atoms with Gasteiger partial charge >= 0.3 is 5.97 Å². The fourth-order valence-electron chi connectivity index (χ4n) is 1.36. The number of hydrogen-bond acceptors (Lipinski definition) is 2. The van der Waals surface area contributed by atoms with Crippen molar-refractivity contribution in [2.75, 3.05) is 13.1 Å². The van der Waals surface area contributed by atoms with Gasteiger partial charge in [0.1, 0.15) is 0 Å². The van der Waals surface area contributed by atoms with Gasteiger partial charge in [0.15, 0.2) is 0 Å². The molecule has 1 rings (SSSR count). The topological polar surface area (TPSA) is 40.5 Å². The van der Waals surface area contributed by atoms with E-state index >= 15 is 0 Å². The van der Waals surface area contributed by atoms with Gasteiger partial charge < -0.3 is 5.11 Å². The summed E-state index contributed by atoms with van der Waals surface area (Å²) in [4.78, 5) is 12.4. The minimum absolute atomic E-state index is 0.0306. The first-order valence-electron chi connectivity index (χ1n) is 4.91. The number of carboxylic acids is 1. The molecule has 0 bridgehead atoms. The van der Waals surface area contributed by atoms with E-state index in [2.05, 4.69) is 15.9 Å². The van der Waals surface area contributed by atoms with E-state index in [9.17, 15) is 4.79 Å². The van der Waals surface area contributed by atoms with Crippen LogP contribution in [0.25, 0.3) is 0 Å². The van der Waals surface area contributed by atoms with Crippen molar-refractivity contribution in [3.05, 3.63) is 33.3 Å². The van der Waals surface area contributed by atoms with Crippen LogP contribution >= 0.6 is 27.5 Å². The molecule has 0 atom stereocenters. The van der Waals surface area contributed by atoms with Crippen LogP contribution in [0.5, 0.6) is 0 Å². The van der Waals surface area contributed by atoms with Gasteiger partial charge in [-0.1, -0.05) is 40.5 Å². The summed E-state index contributed by atoms with van der Waals surface area (Å²) < 4.78 is 0.919. The highest BCUT2D eigenvalue weighted by Gasteiger charge is 2.10. The van der Waals surface area contributed by atoms with Crippen molar-refractivity contribution in [2.45, 2.75) is 13.5 Å². The lowest BCUT2D eigenvalue weighted by atomic mass is 10.2. The summed E-state index contributed by atoms with van der Waals surface area (Å²) in [6.45, 7) is 3.19. The van der Waals surface area contributed by atoms with Crippen LogP contribution in [0.2, 0.25) is 5.02 Å². The van der Waals surface area contributed by atoms with E-state index in [4.69, 9.17) is 16.7 Å². The summed E-state index contributed by atoms with van der Waals surface area (Å²) in [7, 11) is 0. The van der Waals surface area contributed by atoms with Gasteiger partial charge in [0.2, 0.25) is 0 Å². The average Bonchev–Trinajstić information content (AvgIpc) is 2.20. The Morgan fingerprint density at radius 2 is 2.25 bits per heavy atom. The van der Waals surface area contributed by atoms with Crippen molar-refractivity contribution in [3.63, 3.8) is 0 Å². The smallest absolute Gasteiger partial charge is 0.317 e. The summed E-state index contributed by atoms with van der Waals surface area (Å²) in [5.41, 5.74) is 0.938. The molecule has 88 valence electrons. The van der Waals surface area contributed by atoms with Gasteiger partial charge in [-0.3, -0.25) is 9.69 Å². The zero-order valence-electron chi connectivity index (χ0n) is 8.91. The van der Waals surface area contributed by atoms with E-state index in [1.807, 2.05) is 30.0 Å². The predicted octanol–water partition coefficient (Wildman–Crippen LogP) is 3.01. The van der Waals surface area contributed by atoms with E-state index in [1.54, 1.807) is 0 Å². The summed E-state index contributed by atoms with van der Waals surface area (Å²) in [6, 6.07) is 5.61. The van der Waals surface area contributed by atoms with E-state index in [0.717, 1.165) is 10.0 Å². The molecule has 0 saturated carbocycles. The quantitative estimate of drug-likeness (QED) is 0.909. The molecule has 1 N–H and O–H groups in total. The van der Waals surface area contributed by atoms with Crippen molar-refractivity contribution >= 4 is 33.5 Å². The minimum atomic E-state index is -0.824. The molecule has 0 fully saturated rings. The normalized spacial score (nSPS) is 10.8. The number of hydrogen-bond donors (Lipinski definition) is 1. The van der Waals surface area contributed by atoms with Gasteiger partial charge in [0.05, 0.1) is 6.54 Å². The molecule has 0 heterocycles. The molecule has 5 heteroatoms. The SMILES string of the molecule is CCN(CC(=O)O)Cc1ccc(Br)cc1Cl. The van der Waals surface area contributed by atoms with Crippen molar-refractivity contribution in [2.24, 2.45) is 0 Å². The van der Waals surface area contributed by atoms with Crippen molar-refractivity contribution in [1.29, 1.82) is 0 Å². The van der Waals surface area contributed by atoms with Crippen LogP contribution in [0.1, 0.15) is 12.5 Å². The molecule has 0 radical (unpaired) electrons. The van der Waals surface area contributed by atoms with Gasteiger partial charge in [-0.2, -0.15) is 0 Å². The van der Waals surface area contributed by atoms with Crippen LogP contribution in [0, 0.1) is 0 Å². The zero-order valence-corrected chi connectivity index (χ0v) is 11.3. The highest BCUT2D eigenvalue weighted by molar-refractivity contribution is 9.10. The van der Waals surface area contributed by atoms with E-state index in [-0.39, 0.29) is 6.54 Å². The molecule has 1 aromatic rings. The molecule has 0 saturated heterocycles. The Hall–Kier alpha value is -0.580. The number of carboxylic acid groups (broad SMARTS) is 1. The standard InChI is InChI=1S/C11H13BrClNO2/c1-2-14(7-11(15)16)6-8-3-4-9(12)5-10(8)13/h3-5H,2,6-7H2,1H3,(H,15,16). The van der Waals surface area contributed by atoms with Crippen LogP contribution in [-0.2, 0) is 11.3 Å². The summed E-state index contributed by atoms with van der Waals surface area (Å²) in [5.74, 6) is -0.824. The number of halogens is 2. The Balaban J connectivity index is 2.73. The molecule has 16 heavy (non-hydrogen) atoms. The second-order valence-corrected chi connectivity index (χ2v) is 4.76. The molecule has 0 aliphatic heterocycles. The number of aliphatic carboxylic acids is 1. The van der Waals surface area contributed by atoms with Gasteiger partial charge in [-0.15, -0.1) is 0 Å². The largest absolute Gasteiger partial charge is 0.480 e. The van der Waals surface area contributed by atoms with E-state index < -0.39 is 5.97 Å². The maximum Gasteiger partial charge on any atom is 0.317 e. The minimum Gasteiger partial charge on any atom is -0.480 e. The molecule has 0 aromatic heterocycles. The molecular weight excluding hydrogens is 293 g/mol. The Labute approximate surface area is 108 Å². The van der Waals surface area contributed by atoms with Crippen LogP contribution in [0.4, 0.5) is 0 Å². The van der Waals surface area contributed by atoms with Crippen molar-refractivity contribution < 1.29 is 9.90 Å². The highest BCUT2D eigenvalue weighted by Crippen LogP contribution is 2.22. The Morgan fingerprint density at radius 1 is 1.56 bits per heavy atom. The number of nitrogens with zero attached hydrogens (tertiary/aromatic N) is 1. The lowest BCUT2D eigenvalue weighted by Gasteiger charge is -2.18. The molecule has 0 aliphatic rings. The second kappa shape index (κ2) is 6.23. The summed E-state index contributed by atoms with van der Waals surface area (Å²) in [6.07, 6.45) is 0. The lowest BCUT2D eigenvalue weighted by molar-refractivity contribution is -0.138. The number of benzene rings is 1. The number of carbonyl (C=O) groups is 1. The maximum absolute atomic E-state index is 10.6. The summed E-state index contributed by atoms with van der Waals surface area (Å²) >= 11 is 9.39. The Bertz CT molecular complexity index is 384. The summed E-state index contributed by atoms with van der Waals surface area (Å²) in [5, 5.41) is 9.38.